The fourth-order valence-corrected chi connectivity index (χ4v) is 4.75. The van der Waals surface area contributed by atoms with Gasteiger partial charge in [0.15, 0.2) is 5.75 Å². The van der Waals surface area contributed by atoms with E-state index in [1.807, 2.05) is 30.3 Å². The number of amides is 1. The SMILES string of the molecule is O=C(N/N=C\c1ccc(OS(=O)(=O)c2ccc([N+](=O)[O-])cc2)c(Br)c1)c1cccc2ccccc12. The summed E-state index contributed by atoms with van der Waals surface area (Å²) in [5, 5.41) is 16.5. The Bertz CT molecular complexity index is 1570. The average Bonchev–Trinajstić information content (AvgIpc) is 2.85. The van der Waals surface area contributed by atoms with Gasteiger partial charge < -0.3 is 4.18 Å². The minimum absolute atomic E-state index is 0.0142. The zero-order valence-electron chi connectivity index (χ0n) is 17.8. The molecule has 35 heavy (non-hydrogen) atoms. The molecule has 0 unspecified atom stereocenters. The number of non-ortho nitro benzene ring substituents is 1. The molecular formula is C24H16BrN3O6S. The lowest BCUT2D eigenvalue weighted by Gasteiger charge is -2.09. The van der Waals surface area contributed by atoms with Crippen molar-refractivity contribution in [2.24, 2.45) is 5.10 Å². The van der Waals surface area contributed by atoms with Crippen molar-refractivity contribution in [3.63, 3.8) is 0 Å². The zero-order chi connectivity index (χ0) is 25.0. The molecule has 0 aromatic heterocycles. The van der Waals surface area contributed by atoms with E-state index in [1.165, 1.54) is 12.3 Å². The van der Waals surface area contributed by atoms with Gasteiger partial charge >= 0.3 is 10.1 Å². The van der Waals surface area contributed by atoms with Gasteiger partial charge in [0.25, 0.3) is 11.6 Å². The van der Waals surface area contributed by atoms with E-state index in [0.29, 0.717) is 15.6 Å². The van der Waals surface area contributed by atoms with E-state index in [1.54, 1.807) is 24.3 Å². The highest BCUT2D eigenvalue weighted by Gasteiger charge is 2.19. The number of nitro groups is 1. The number of halogens is 1. The molecule has 0 fully saturated rings. The number of rotatable bonds is 7. The number of hydrogen-bond donors (Lipinski definition) is 1. The molecule has 0 bridgehead atoms. The van der Waals surface area contributed by atoms with Crippen molar-refractivity contribution in [2.75, 3.05) is 0 Å². The molecule has 4 rings (SSSR count). The van der Waals surface area contributed by atoms with Crippen molar-refractivity contribution in [1.82, 2.24) is 5.43 Å². The summed E-state index contributed by atoms with van der Waals surface area (Å²) in [4.78, 5) is 22.5. The molecule has 0 atom stereocenters. The van der Waals surface area contributed by atoms with E-state index in [4.69, 9.17) is 4.18 Å². The largest absolute Gasteiger partial charge is 0.378 e. The minimum atomic E-state index is -4.21. The van der Waals surface area contributed by atoms with Gasteiger partial charge in [-0.2, -0.15) is 13.5 Å². The maximum Gasteiger partial charge on any atom is 0.339 e. The Balaban J connectivity index is 1.45. The number of fused-ring (bicyclic) bond motifs is 1. The molecule has 0 radical (unpaired) electrons. The summed E-state index contributed by atoms with van der Waals surface area (Å²) in [6.45, 7) is 0. The summed E-state index contributed by atoms with van der Waals surface area (Å²) in [5.74, 6) is -0.355. The van der Waals surface area contributed by atoms with Crippen LogP contribution in [0, 0.1) is 10.1 Å². The highest BCUT2D eigenvalue weighted by molar-refractivity contribution is 9.10. The number of nitro benzene ring substituents is 1. The fourth-order valence-electron chi connectivity index (χ4n) is 3.21. The van der Waals surface area contributed by atoms with Crippen molar-refractivity contribution in [1.29, 1.82) is 0 Å². The van der Waals surface area contributed by atoms with Crippen LogP contribution in [0.1, 0.15) is 15.9 Å². The van der Waals surface area contributed by atoms with Crippen molar-refractivity contribution in [3.05, 3.63) is 111 Å². The van der Waals surface area contributed by atoms with Crippen LogP contribution in [0.4, 0.5) is 5.69 Å². The number of hydrazone groups is 1. The van der Waals surface area contributed by atoms with E-state index in [0.717, 1.165) is 35.0 Å². The van der Waals surface area contributed by atoms with Crippen molar-refractivity contribution in [2.45, 2.75) is 4.90 Å². The molecule has 4 aromatic carbocycles. The van der Waals surface area contributed by atoms with Gasteiger partial charge in [0.05, 0.1) is 15.6 Å². The minimum Gasteiger partial charge on any atom is -0.378 e. The molecule has 0 spiro atoms. The Morgan fingerprint density at radius 1 is 1.00 bits per heavy atom. The summed E-state index contributed by atoms with van der Waals surface area (Å²) in [5.41, 5.74) is 3.30. The van der Waals surface area contributed by atoms with Crippen LogP contribution in [0.15, 0.2) is 99.4 Å². The van der Waals surface area contributed by atoms with Gasteiger partial charge in [0.2, 0.25) is 0 Å². The predicted octanol–water partition coefficient (Wildman–Crippen LogP) is 5.04. The quantitative estimate of drug-likeness (QED) is 0.148. The number of benzene rings is 4. The molecule has 0 saturated heterocycles. The third-order valence-electron chi connectivity index (χ3n) is 4.91. The van der Waals surface area contributed by atoms with E-state index >= 15 is 0 Å². The molecular weight excluding hydrogens is 538 g/mol. The fraction of sp³-hybridized carbons (Fsp3) is 0. The molecule has 1 N–H and O–H groups in total. The van der Waals surface area contributed by atoms with Crippen LogP contribution in [0.5, 0.6) is 5.75 Å². The van der Waals surface area contributed by atoms with Gasteiger partial charge in [-0.1, -0.05) is 36.4 Å². The Morgan fingerprint density at radius 3 is 2.43 bits per heavy atom. The van der Waals surface area contributed by atoms with Gasteiger partial charge in [-0.15, -0.1) is 0 Å². The second kappa shape index (κ2) is 10.0. The van der Waals surface area contributed by atoms with Crippen molar-refractivity contribution < 1.29 is 22.3 Å². The molecule has 0 heterocycles. The number of carbonyl (C=O) groups excluding carboxylic acids is 1. The summed E-state index contributed by atoms with van der Waals surface area (Å²) in [7, 11) is -4.21. The van der Waals surface area contributed by atoms with Crippen LogP contribution in [-0.4, -0.2) is 25.5 Å². The Hall–Kier alpha value is -4.09. The third kappa shape index (κ3) is 5.53. The molecule has 0 aliphatic heterocycles. The van der Waals surface area contributed by atoms with Crippen LogP contribution in [-0.2, 0) is 10.1 Å². The van der Waals surface area contributed by atoms with Gasteiger partial charge in [-0.3, -0.25) is 14.9 Å². The highest BCUT2D eigenvalue weighted by Crippen LogP contribution is 2.29. The summed E-state index contributed by atoms with van der Waals surface area (Å²) in [6.07, 6.45) is 1.41. The maximum absolute atomic E-state index is 12.6. The second-order valence-corrected chi connectivity index (χ2v) is 9.60. The molecule has 9 nitrogen and oxygen atoms in total. The maximum atomic E-state index is 12.6. The topological polar surface area (TPSA) is 128 Å². The van der Waals surface area contributed by atoms with E-state index < -0.39 is 15.0 Å². The first-order chi connectivity index (χ1) is 16.7. The van der Waals surface area contributed by atoms with Crippen LogP contribution < -0.4 is 9.61 Å². The first-order valence-corrected chi connectivity index (χ1v) is 12.2. The van der Waals surface area contributed by atoms with Crippen molar-refractivity contribution >= 4 is 54.6 Å². The number of carbonyl (C=O) groups is 1. The van der Waals surface area contributed by atoms with Gasteiger partial charge in [0, 0.05) is 17.7 Å². The van der Waals surface area contributed by atoms with Crippen LogP contribution in [0.2, 0.25) is 0 Å². The summed E-state index contributed by atoms with van der Waals surface area (Å²) in [6, 6.07) is 21.8. The first-order valence-electron chi connectivity index (χ1n) is 10.0. The van der Waals surface area contributed by atoms with Crippen LogP contribution >= 0.6 is 15.9 Å². The Morgan fingerprint density at radius 2 is 1.71 bits per heavy atom. The third-order valence-corrected chi connectivity index (χ3v) is 6.77. The number of nitrogens with one attached hydrogen (secondary N) is 1. The standard InChI is InChI=1S/C24H16BrN3O6S/c25-22-14-16(15-26-27-24(29)21-7-3-5-17-4-1-2-6-20(17)21)8-13-23(22)34-35(32,33)19-11-9-18(10-12-19)28(30)31/h1-15H,(H,27,29)/b26-15-. The Labute approximate surface area is 208 Å². The number of nitrogens with zero attached hydrogens (tertiary/aromatic N) is 2. The summed E-state index contributed by atoms with van der Waals surface area (Å²) >= 11 is 3.26. The molecule has 4 aromatic rings. The van der Waals surface area contributed by atoms with E-state index in [9.17, 15) is 23.3 Å². The molecule has 0 aliphatic carbocycles. The normalized spacial score (nSPS) is 11.5. The molecule has 11 heteroatoms. The van der Waals surface area contributed by atoms with Crippen molar-refractivity contribution in [3.8, 4) is 5.75 Å². The average molecular weight is 554 g/mol. The monoisotopic (exact) mass is 553 g/mol. The summed E-state index contributed by atoms with van der Waals surface area (Å²) < 4.78 is 30.5. The Kier molecular flexibility index (Phi) is 6.90. The van der Waals surface area contributed by atoms with E-state index in [-0.39, 0.29) is 22.2 Å². The first kappa shape index (κ1) is 24.0. The van der Waals surface area contributed by atoms with Crippen LogP contribution in [0.3, 0.4) is 0 Å². The molecule has 176 valence electrons. The zero-order valence-corrected chi connectivity index (χ0v) is 20.2. The highest BCUT2D eigenvalue weighted by atomic mass is 79.9. The second-order valence-electron chi connectivity index (χ2n) is 7.20. The lowest BCUT2D eigenvalue weighted by Crippen LogP contribution is -2.17. The van der Waals surface area contributed by atoms with Crippen LogP contribution in [0.25, 0.3) is 10.8 Å². The van der Waals surface area contributed by atoms with E-state index in [2.05, 4.69) is 26.5 Å². The molecule has 0 saturated carbocycles. The van der Waals surface area contributed by atoms with Gasteiger partial charge in [0.1, 0.15) is 4.90 Å². The van der Waals surface area contributed by atoms with Gasteiger partial charge in [-0.05, 0) is 68.7 Å². The smallest absolute Gasteiger partial charge is 0.339 e. The molecule has 1 amide bonds. The van der Waals surface area contributed by atoms with Gasteiger partial charge in [-0.25, -0.2) is 5.43 Å². The number of hydrogen-bond acceptors (Lipinski definition) is 7. The predicted molar refractivity (Wildman–Crippen MR) is 134 cm³/mol. The molecule has 0 aliphatic rings. The lowest BCUT2D eigenvalue weighted by atomic mass is 10.0. The lowest BCUT2D eigenvalue weighted by molar-refractivity contribution is -0.384.